The van der Waals surface area contributed by atoms with Gasteiger partial charge in [0.2, 0.25) is 0 Å². The molecule has 1 amide bonds. The Labute approximate surface area is 127 Å². The van der Waals surface area contributed by atoms with Crippen LogP contribution in [0.25, 0.3) is 0 Å². The minimum absolute atomic E-state index is 0.108. The summed E-state index contributed by atoms with van der Waals surface area (Å²) >= 11 is 0. The molecule has 0 bridgehead atoms. The topological polar surface area (TPSA) is 120 Å². The third-order valence-electron chi connectivity index (χ3n) is 3.47. The number of aromatic nitrogens is 2. The Hall–Kier alpha value is -2.26. The molecule has 1 aliphatic heterocycles. The van der Waals surface area contributed by atoms with Crippen LogP contribution in [0.1, 0.15) is 11.7 Å². The number of nitrogens with two attached hydrogens (primary N) is 1. The molecule has 1 fully saturated rings. The smallest absolute Gasteiger partial charge is 0.405 e. The minimum atomic E-state index is -1.63. The molecule has 120 valence electrons. The molecule has 1 atom stereocenters. The van der Waals surface area contributed by atoms with Crippen LogP contribution >= 0.6 is 0 Å². The first kappa shape index (κ1) is 16.1. The maximum Gasteiger partial charge on any atom is 0.405 e. The highest BCUT2D eigenvalue weighted by atomic mass is 16.6. The van der Waals surface area contributed by atoms with Gasteiger partial charge in [-0.1, -0.05) is 0 Å². The van der Waals surface area contributed by atoms with Gasteiger partial charge in [-0.3, -0.25) is 19.1 Å². The van der Waals surface area contributed by atoms with Crippen molar-refractivity contribution in [1.82, 2.24) is 19.8 Å². The quantitative estimate of drug-likeness (QED) is 0.659. The van der Waals surface area contributed by atoms with E-state index in [4.69, 9.17) is 10.5 Å². The van der Waals surface area contributed by atoms with Crippen molar-refractivity contribution in [2.75, 3.05) is 32.7 Å². The van der Waals surface area contributed by atoms with Crippen molar-refractivity contribution in [3.8, 4) is 0 Å². The van der Waals surface area contributed by atoms with Crippen LogP contribution in [0.5, 0.6) is 0 Å². The SMILES string of the molecule is CC(CN1CCNCC1)(OC(N)=O)C(=O)C(=O)n1ccnc1. The summed E-state index contributed by atoms with van der Waals surface area (Å²) in [4.78, 5) is 41.5. The molecule has 1 unspecified atom stereocenters. The van der Waals surface area contributed by atoms with Crippen LogP contribution in [-0.2, 0) is 9.53 Å². The Morgan fingerprint density at radius 1 is 1.36 bits per heavy atom. The second-order valence-electron chi connectivity index (χ2n) is 5.28. The number of nitrogens with zero attached hydrogens (tertiary/aromatic N) is 3. The molecule has 1 aliphatic rings. The molecule has 0 aliphatic carbocycles. The highest BCUT2D eigenvalue weighted by Crippen LogP contribution is 2.16. The van der Waals surface area contributed by atoms with Crippen LogP contribution in [0.15, 0.2) is 18.7 Å². The number of piperazine rings is 1. The summed E-state index contributed by atoms with van der Waals surface area (Å²) in [6.45, 7) is 4.40. The Morgan fingerprint density at radius 2 is 2.05 bits per heavy atom. The number of hydrogen-bond acceptors (Lipinski definition) is 7. The van der Waals surface area contributed by atoms with E-state index >= 15 is 0 Å². The fraction of sp³-hybridized carbons (Fsp3) is 0.538. The summed E-state index contributed by atoms with van der Waals surface area (Å²) in [6.07, 6.45) is 2.86. The van der Waals surface area contributed by atoms with Gasteiger partial charge in [-0.2, -0.15) is 0 Å². The minimum Gasteiger partial charge on any atom is -0.433 e. The summed E-state index contributed by atoms with van der Waals surface area (Å²) in [5.74, 6) is -1.67. The lowest BCUT2D eigenvalue weighted by molar-refractivity contribution is -0.133. The Morgan fingerprint density at radius 3 is 2.59 bits per heavy atom. The summed E-state index contributed by atoms with van der Waals surface area (Å²) < 4.78 is 6.04. The average Bonchev–Trinajstić information content (AvgIpc) is 3.00. The molecule has 2 heterocycles. The van der Waals surface area contributed by atoms with Gasteiger partial charge < -0.3 is 15.8 Å². The molecular formula is C13H19N5O4. The lowest BCUT2D eigenvalue weighted by Crippen LogP contribution is -2.57. The van der Waals surface area contributed by atoms with Gasteiger partial charge in [0, 0.05) is 45.1 Å². The molecular weight excluding hydrogens is 290 g/mol. The third-order valence-corrected chi connectivity index (χ3v) is 3.47. The van der Waals surface area contributed by atoms with Crippen LogP contribution in [0, 0.1) is 0 Å². The number of primary amides is 1. The van der Waals surface area contributed by atoms with E-state index in [-0.39, 0.29) is 6.54 Å². The van der Waals surface area contributed by atoms with Crippen molar-refractivity contribution in [1.29, 1.82) is 0 Å². The number of carbonyl (C=O) groups is 3. The van der Waals surface area contributed by atoms with Gasteiger partial charge in [-0.15, -0.1) is 0 Å². The van der Waals surface area contributed by atoms with Crippen molar-refractivity contribution < 1.29 is 19.1 Å². The predicted molar refractivity (Wildman–Crippen MR) is 76.2 cm³/mol. The van der Waals surface area contributed by atoms with Crippen molar-refractivity contribution in [3.63, 3.8) is 0 Å². The molecule has 1 saturated heterocycles. The molecule has 9 heteroatoms. The Bertz CT molecular complexity index is 553. The van der Waals surface area contributed by atoms with Crippen LogP contribution in [0.4, 0.5) is 4.79 Å². The molecule has 0 saturated carbocycles. The van der Waals surface area contributed by atoms with E-state index in [0.29, 0.717) is 13.1 Å². The molecule has 2 rings (SSSR count). The lowest BCUT2D eigenvalue weighted by atomic mass is 9.98. The molecule has 22 heavy (non-hydrogen) atoms. The number of ether oxygens (including phenoxy) is 1. The van der Waals surface area contributed by atoms with E-state index in [1.807, 2.05) is 4.90 Å². The van der Waals surface area contributed by atoms with Gasteiger partial charge >= 0.3 is 12.0 Å². The van der Waals surface area contributed by atoms with Crippen LogP contribution < -0.4 is 11.1 Å². The Kier molecular flexibility index (Phi) is 4.88. The first-order valence-corrected chi connectivity index (χ1v) is 6.91. The summed E-state index contributed by atoms with van der Waals surface area (Å²) in [6, 6.07) is 0. The fourth-order valence-electron chi connectivity index (χ4n) is 2.39. The Balaban J connectivity index is 2.17. The largest absolute Gasteiger partial charge is 0.433 e. The number of nitrogens with one attached hydrogen (secondary N) is 1. The number of ketones is 1. The number of imidazole rings is 1. The predicted octanol–water partition coefficient (Wildman–Crippen LogP) is -1.15. The zero-order chi connectivity index (χ0) is 16.2. The molecule has 0 spiro atoms. The number of amides is 1. The van der Waals surface area contributed by atoms with Crippen LogP contribution in [-0.4, -0.2) is 70.6 Å². The molecule has 0 aromatic carbocycles. The van der Waals surface area contributed by atoms with E-state index in [2.05, 4.69) is 10.3 Å². The maximum absolute atomic E-state index is 12.5. The molecule has 9 nitrogen and oxygen atoms in total. The van der Waals surface area contributed by atoms with Gasteiger partial charge in [0.1, 0.15) is 6.33 Å². The van der Waals surface area contributed by atoms with Gasteiger partial charge in [0.15, 0.2) is 5.60 Å². The second-order valence-corrected chi connectivity index (χ2v) is 5.28. The number of rotatable bonds is 5. The highest BCUT2D eigenvalue weighted by Gasteiger charge is 2.43. The van der Waals surface area contributed by atoms with Crippen molar-refractivity contribution >= 4 is 17.8 Å². The highest BCUT2D eigenvalue weighted by molar-refractivity contribution is 6.40. The third kappa shape index (κ3) is 3.68. The molecule has 1 aromatic heterocycles. The molecule has 1 aromatic rings. The second kappa shape index (κ2) is 6.67. The molecule has 3 N–H and O–H groups in total. The van der Waals surface area contributed by atoms with Crippen molar-refractivity contribution in [3.05, 3.63) is 18.7 Å². The van der Waals surface area contributed by atoms with Gasteiger partial charge in [0.25, 0.3) is 5.78 Å². The summed E-state index contributed by atoms with van der Waals surface area (Å²) in [5, 5.41) is 3.18. The normalized spacial score (nSPS) is 18.4. The van der Waals surface area contributed by atoms with Gasteiger partial charge in [0.05, 0.1) is 0 Å². The van der Waals surface area contributed by atoms with Crippen LogP contribution in [0.3, 0.4) is 0 Å². The van der Waals surface area contributed by atoms with Crippen molar-refractivity contribution in [2.45, 2.75) is 12.5 Å². The summed E-state index contributed by atoms with van der Waals surface area (Å²) in [7, 11) is 0. The van der Waals surface area contributed by atoms with E-state index in [9.17, 15) is 14.4 Å². The number of carbonyl (C=O) groups excluding carboxylic acids is 3. The van der Waals surface area contributed by atoms with Gasteiger partial charge in [-0.25, -0.2) is 9.78 Å². The van der Waals surface area contributed by atoms with Crippen molar-refractivity contribution in [2.24, 2.45) is 5.73 Å². The first-order valence-electron chi connectivity index (χ1n) is 6.91. The van der Waals surface area contributed by atoms with Gasteiger partial charge in [-0.05, 0) is 6.92 Å². The fourth-order valence-corrected chi connectivity index (χ4v) is 2.39. The van der Waals surface area contributed by atoms with E-state index in [1.54, 1.807) is 0 Å². The molecule has 0 radical (unpaired) electrons. The maximum atomic E-state index is 12.5. The zero-order valence-corrected chi connectivity index (χ0v) is 12.3. The van der Waals surface area contributed by atoms with Crippen LogP contribution in [0.2, 0.25) is 0 Å². The monoisotopic (exact) mass is 309 g/mol. The van der Waals surface area contributed by atoms with E-state index < -0.39 is 23.4 Å². The average molecular weight is 309 g/mol. The van der Waals surface area contributed by atoms with E-state index in [0.717, 1.165) is 17.7 Å². The number of Topliss-reactive ketones (excluding diaryl/α,β-unsaturated/α-hetero) is 1. The number of hydrogen-bond donors (Lipinski definition) is 2. The standard InChI is InChI=1S/C13H19N5O4/c1-13(22-12(14)21,8-17-5-2-15-3-6-17)10(19)11(20)18-7-4-16-9-18/h4,7,9,15H,2-3,5-6,8H2,1H3,(H2,14,21). The zero-order valence-electron chi connectivity index (χ0n) is 12.3. The summed E-state index contributed by atoms with van der Waals surface area (Å²) in [5.41, 5.74) is 3.43. The lowest BCUT2D eigenvalue weighted by Gasteiger charge is -2.35. The first-order chi connectivity index (χ1) is 10.4. The van der Waals surface area contributed by atoms with E-state index in [1.165, 1.54) is 25.6 Å².